The van der Waals surface area contributed by atoms with Crippen molar-refractivity contribution in [3.8, 4) is 0 Å². The van der Waals surface area contributed by atoms with E-state index >= 15 is 0 Å². The van der Waals surface area contributed by atoms with Crippen LogP contribution in [0.5, 0.6) is 0 Å². The summed E-state index contributed by atoms with van der Waals surface area (Å²) in [4.78, 5) is 40.5. The van der Waals surface area contributed by atoms with Gasteiger partial charge in [0, 0.05) is 22.2 Å². The van der Waals surface area contributed by atoms with Crippen molar-refractivity contribution in [2.45, 2.75) is 33.1 Å². The Labute approximate surface area is 191 Å². The number of benzene rings is 1. The summed E-state index contributed by atoms with van der Waals surface area (Å²) in [6, 6.07) is 6.94. The number of anilines is 3. The van der Waals surface area contributed by atoms with Crippen LogP contribution in [0.2, 0.25) is 5.02 Å². The number of nitrogens with one attached hydrogen (secondary N) is 3. The fourth-order valence-electron chi connectivity index (χ4n) is 2.89. The number of carbonyl (C=O) groups excluding carboxylic acids is 1. The van der Waals surface area contributed by atoms with Crippen molar-refractivity contribution in [2.75, 3.05) is 10.6 Å². The second-order valence-corrected chi connectivity index (χ2v) is 8.85. The average molecular weight is 481 g/mol. The minimum atomic E-state index is -4.62. The summed E-state index contributed by atoms with van der Waals surface area (Å²) >= 11 is 5.84. The fraction of sp³-hybridized carbons (Fsp3) is 0.273. The monoisotopic (exact) mass is 480 g/mol. The molecule has 1 heterocycles. The largest absolute Gasteiger partial charge is 0.417 e. The first-order valence-electron chi connectivity index (χ1n) is 9.73. The van der Waals surface area contributed by atoms with Crippen molar-refractivity contribution in [1.82, 2.24) is 10.3 Å². The molecule has 0 radical (unpaired) electrons. The lowest BCUT2D eigenvalue weighted by Gasteiger charge is -2.33. The van der Waals surface area contributed by atoms with Crippen molar-refractivity contribution in [2.24, 2.45) is 5.41 Å². The quantitative estimate of drug-likeness (QED) is 0.359. The number of alkyl halides is 3. The maximum atomic E-state index is 12.9. The third-order valence-corrected chi connectivity index (χ3v) is 5.03. The fourth-order valence-corrected chi connectivity index (χ4v) is 3.01. The zero-order chi connectivity index (χ0) is 24.6. The molecule has 174 valence electrons. The molecule has 1 atom stereocenters. The number of hydrogen-bond donors (Lipinski definition) is 3. The second kappa shape index (κ2) is 8.86. The van der Waals surface area contributed by atoms with Crippen molar-refractivity contribution in [3.05, 3.63) is 79.3 Å². The topological polar surface area (TPSA) is 100 Å². The molecule has 0 aliphatic rings. The molecule has 1 amide bonds. The Morgan fingerprint density at radius 1 is 1.00 bits per heavy atom. The molecule has 3 rings (SSSR count). The van der Waals surface area contributed by atoms with Crippen molar-refractivity contribution < 1.29 is 18.0 Å². The van der Waals surface area contributed by atoms with Gasteiger partial charge in [0.15, 0.2) is 0 Å². The summed E-state index contributed by atoms with van der Waals surface area (Å²) in [6.07, 6.45) is -3.68. The molecule has 1 aromatic heterocycles. The number of carbonyl (C=O) groups is 1. The number of hydrogen-bond acceptors (Lipinski definition) is 6. The van der Waals surface area contributed by atoms with E-state index < -0.39 is 40.1 Å². The molecule has 11 heteroatoms. The SMILES string of the molecule is CC(C)(C)C(NC(=O)c1ccc(Cl)cc1)Nc1c(Nc2cncc(C(F)(F)F)c2)c(=O)c1=O. The van der Waals surface area contributed by atoms with E-state index in [2.05, 4.69) is 20.9 Å². The third-order valence-electron chi connectivity index (χ3n) is 4.78. The van der Waals surface area contributed by atoms with E-state index in [-0.39, 0.29) is 17.1 Å². The van der Waals surface area contributed by atoms with Gasteiger partial charge in [0.25, 0.3) is 16.8 Å². The zero-order valence-corrected chi connectivity index (χ0v) is 18.6. The van der Waals surface area contributed by atoms with Crippen LogP contribution in [-0.2, 0) is 6.18 Å². The number of halogens is 4. The van der Waals surface area contributed by atoms with E-state index in [9.17, 15) is 27.6 Å². The van der Waals surface area contributed by atoms with Crippen LogP contribution >= 0.6 is 11.6 Å². The van der Waals surface area contributed by atoms with Gasteiger partial charge >= 0.3 is 6.18 Å². The van der Waals surface area contributed by atoms with E-state index in [1.165, 1.54) is 12.1 Å². The Kier molecular flexibility index (Phi) is 6.51. The summed E-state index contributed by atoms with van der Waals surface area (Å²) in [5.41, 5.74) is -3.52. The van der Waals surface area contributed by atoms with Gasteiger partial charge in [-0.2, -0.15) is 13.2 Å². The Morgan fingerprint density at radius 3 is 2.18 bits per heavy atom. The zero-order valence-electron chi connectivity index (χ0n) is 17.8. The number of rotatable bonds is 6. The first-order chi connectivity index (χ1) is 15.3. The smallest absolute Gasteiger partial charge is 0.360 e. The van der Waals surface area contributed by atoms with Crippen LogP contribution in [0.4, 0.5) is 30.2 Å². The highest BCUT2D eigenvalue weighted by molar-refractivity contribution is 6.30. The number of aromatic nitrogens is 1. The maximum absolute atomic E-state index is 12.9. The van der Waals surface area contributed by atoms with Gasteiger partial charge in [0.1, 0.15) is 17.5 Å². The minimum absolute atomic E-state index is 0.113. The summed E-state index contributed by atoms with van der Waals surface area (Å²) in [5, 5.41) is 8.59. The van der Waals surface area contributed by atoms with Crippen LogP contribution < -0.4 is 26.8 Å². The van der Waals surface area contributed by atoms with Crippen LogP contribution in [-0.4, -0.2) is 17.1 Å². The van der Waals surface area contributed by atoms with Crippen LogP contribution in [0.1, 0.15) is 36.7 Å². The molecule has 1 unspecified atom stereocenters. The van der Waals surface area contributed by atoms with Crippen LogP contribution in [0.25, 0.3) is 0 Å². The standard InChI is InChI=1S/C22H20ClF3N4O3/c1-21(2,3)20(30-19(33)11-4-6-13(23)7-5-11)29-16-15(17(31)18(16)32)28-14-8-12(9-27-10-14)22(24,25)26/h4-10,20,28-29H,1-3H3,(H,30,33). The van der Waals surface area contributed by atoms with Crippen LogP contribution in [0.3, 0.4) is 0 Å². The van der Waals surface area contributed by atoms with E-state index in [4.69, 9.17) is 11.6 Å². The van der Waals surface area contributed by atoms with Gasteiger partial charge in [0.05, 0.1) is 17.4 Å². The number of nitrogens with zero attached hydrogens (tertiary/aromatic N) is 1. The van der Waals surface area contributed by atoms with Gasteiger partial charge in [-0.1, -0.05) is 32.4 Å². The molecular formula is C22H20ClF3N4O3. The Hall–Kier alpha value is -3.40. The van der Waals surface area contributed by atoms with Crippen molar-refractivity contribution >= 4 is 34.6 Å². The first-order valence-corrected chi connectivity index (χ1v) is 10.1. The molecule has 0 spiro atoms. The first kappa shape index (κ1) is 24.2. The van der Waals surface area contributed by atoms with E-state index in [1.54, 1.807) is 32.9 Å². The normalized spacial score (nSPS) is 12.9. The van der Waals surface area contributed by atoms with Gasteiger partial charge < -0.3 is 16.0 Å². The molecule has 0 saturated heterocycles. The summed E-state index contributed by atoms with van der Waals surface area (Å²) < 4.78 is 38.8. The molecule has 7 nitrogen and oxygen atoms in total. The Morgan fingerprint density at radius 2 is 1.61 bits per heavy atom. The number of amides is 1. The molecule has 33 heavy (non-hydrogen) atoms. The maximum Gasteiger partial charge on any atom is 0.417 e. The average Bonchev–Trinajstić information content (AvgIpc) is 2.74. The molecule has 3 aromatic rings. The molecule has 2 aromatic carbocycles. The second-order valence-electron chi connectivity index (χ2n) is 8.42. The minimum Gasteiger partial charge on any atom is -0.360 e. The molecule has 0 aliphatic carbocycles. The molecule has 3 N–H and O–H groups in total. The molecule has 0 bridgehead atoms. The van der Waals surface area contributed by atoms with Crippen LogP contribution in [0, 0.1) is 5.41 Å². The number of pyridine rings is 1. The summed E-state index contributed by atoms with van der Waals surface area (Å²) in [5.74, 6) is -0.450. The molecule has 0 saturated carbocycles. The molecule has 0 aliphatic heterocycles. The van der Waals surface area contributed by atoms with Gasteiger partial charge in [0.2, 0.25) is 0 Å². The van der Waals surface area contributed by atoms with Crippen molar-refractivity contribution in [3.63, 3.8) is 0 Å². The lowest BCUT2D eigenvalue weighted by molar-refractivity contribution is -0.137. The molecule has 0 fully saturated rings. The van der Waals surface area contributed by atoms with E-state index in [0.717, 1.165) is 12.3 Å². The van der Waals surface area contributed by atoms with Gasteiger partial charge in [-0.05, 0) is 30.3 Å². The molecular weight excluding hydrogens is 461 g/mol. The predicted molar refractivity (Wildman–Crippen MR) is 120 cm³/mol. The lowest BCUT2D eigenvalue weighted by Crippen LogP contribution is -2.51. The van der Waals surface area contributed by atoms with E-state index in [0.29, 0.717) is 16.8 Å². The van der Waals surface area contributed by atoms with Crippen LogP contribution in [0.15, 0.2) is 52.3 Å². The highest BCUT2D eigenvalue weighted by Crippen LogP contribution is 2.31. The predicted octanol–water partition coefficient (Wildman–Crippen LogP) is 4.31. The highest BCUT2D eigenvalue weighted by Gasteiger charge is 2.33. The summed E-state index contributed by atoms with van der Waals surface area (Å²) in [7, 11) is 0. The van der Waals surface area contributed by atoms with Crippen molar-refractivity contribution in [1.29, 1.82) is 0 Å². The Balaban J connectivity index is 1.85. The van der Waals surface area contributed by atoms with E-state index in [1.807, 2.05) is 0 Å². The van der Waals surface area contributed by atoms with Gasteiger partial charge in [-0.3, -0.25) is 19.4 Å². The Bertz CT molecular complexity index is 1240. The highest BCUT2D eigenvalue weighted by atomic mass is 35.5. The summed E-state index contributed by atoms with van der Waals surface area (Å²) in [6.45, 7) is 5.38. The lowest BCUT2D eigenvalue weighted by atomic mass is 9.91. The third kappa shape index (κ3) is 5.51. The van der Waals surface area contributed by atoms with Gasteiger partial charge in [-0.25, -0.2) is 0 Å². The van der Waals surface area contributed by atoms with Gasteiger partial charge in [-0.15, -0.1) is 0 Å².